The summed E-state index contributed by atoms with van der Waals surface area (Å²) < 4.78 is 29.9. The summed E-state index contributed by atoms with van der Waals surface area (Å²) in [5.74, 6) is -0.948. The van der Waals surface area contributed by atoms with Crippen LogP contribution < -0.4 is 9.62 Å². The van der Waals surface area contributed by atoms with Gasteiger partial charge in [-0.15, -0.1) is 0 Å². The fourth-order valence-electron chi connectivity index (χ4n) is 4.64. The van der Waals surface area contributed by atoms with E-state index in [0.29, 0.717) is 0 Å². The maximum absolute atomic E-state index is 14.4. The molecule has 0 aliphatic carbocycles. The zero-order valence-electron chi connectivity index (χ0n) is 24.2. The summed E-state index contributed by atoms with van der Waals surface area (Å²) in [4.78, 5) is 29.6. The molecule has 230 valence electrons. The topological polar surface area (TPSA) is 86.8 Å². The van der Waals surface area contributed by atoms with E-state index in [-0.39, 0.29) is 45.5 Å². The fourth-order valence-corrected chi connectivity index (χ4v) is 6.80. The van der Waals surface area contributed by atoms with E-state index in [2.05, 4.69) is 21.2 Å². The second kappa shape index (κ2) is 15.1. The number of nitrogens with one attached hydrogen (secondary N) is 1. The Kier molecular flexibility index (Phi) is 11.5. The smallest absolute Gasteiger partial charge is 0.264 e. The Morgan fingerprint density at radius 2 is 1.43 bits per heavy atom. The van der Waals surface area contributed by atoms with Crippen LogP contribution in [0, 0.1) is 0 Å². The maximum atomic E-state index is 14.4. The quantitative estimate of drug-likeness (QED) is 0.169. The number of carbonyl (C=O) groups is 2. The van der Waals surface area contributed by atoms with Gasteiger partial charge in [0.2, 0.25) is 11.8 Å². The lowest BCUT2D eigenvalue weighted by molar-refractivity contribution is -0.140. The summed E-state index contributed by atoms with van der Waals surface area (Å²) in [6, 6.07) is 28.0. The second-order valence-electron chi connectivity index (χ2n) is 10.4. The van der Waals surface area contributed by atoms with Crippen molar-refractivity contribution in [2.24, 2.45) is 0 Å². The third kappa shape index (κ3) is 8.41. The van der Waals surface area contributed by atoms with Gasteiger partial charge in [0.05, 0.1) is 20.6 Å². The molecule has 44 heavy (non-hydrogen) atoms. The average molecular weight is 718 g/mol. The van der Waals surface area contributed by atoms with Crippen molar-refractivity contribution in [3.63, 3.8) is 0 Å². The number of benzene rings is 4. The lowest BCUT2D eigenvalue weighted by Crippen LogP contribution is -2.54. The van der Waals surface area contributed by atoms with Gasteiger partial charge < -0.3 is 10.2 Å². The van der Waals surface area contributed by atoms with Crippen LogP contribution in [0.2, 0.25) is 10.0 Å². The van der Waals surface area contributed by atoms with Crippen LogP contribution in [0.15, 0.2) is 112 Å². The standard InChI is InChI=1S/C33H32BrCl2N3O4S/c1-23(2)37-33(41)30(20-24-10-5-3-6-11-24)38(21-25-16-18-26(34)19-17-25)31(40)22-39(29-15-9-14-28(35)32(29)36)44(42,43)27-12-7-4-8-13-27/h3-19,23,30H,20-22H2,1-2H3,(H,37,41). The molecule has 0 saturated carbocycles. The van der Waals surface area contributed by atoms with Crippen LogP contribution in [-0.4, -0.2) is 43.8 Å². The lowest BCUT2D eigenvalue weighted by Gasteiger charge is -2.34. The van der Waals surface area contributed by atoms with Gasteiger partial charge in [-0.2, -0.15) is 0 Å². The minimum Gasteiger partial charge on any atom is -0.352 e. The fraction of sp³-hybridized carbons (Fsp3) is 0.212. The van der Waals surface area contributed by atoms with E-state index in [1.807, 2.05) is 68.4 Å². The van der Waals surface area contributed by atoms with E-state index in [0.717, 1.165) is 19.9 Å². The van der Waals surface area contributed by atoms with Crippen LogP contribution in [0.1, 0.15) is 25.0 Å². The highest BCUT2D eigenvalue weighted by Crippen LogP contribution is 2.35. The molecular formula is C33H32BrCl2N3O4S. The Balaban J connectivity index is 1.82. The van der Waals surface area contributed by atoms with Gasteiger partial charge >= 0.3 is 0 Å². The summed E-state index contributed by atoms with van der Waals surface area (Å²) in [5.41, 5.74) is 1.65. The summed E-state index contributed by atoms with van der Waals surface area (Å²) >= 11 is 16.3. The number of sulfonamides is 1. The van der Waals surface area contributed by atoms with E-state index in [4.69, 9.17) is 23.2 Å². The molecule has 1 unspecified atom stereocenters. The van der Waals surface area contributed by atoms with Gasteiger partial charge in [0, 0.05) is 23.5 Å². The highest BCUT2D eigenvalue weighted by Gasteiger charge is 2.35. The predicted octanol–water partition coefficient (Wildman–Crippen LogP) is 7.12. The van der Waals surface area contributed by atoms with E-state index < -0.39 is 28.5 Å². The van der Waals surface area contributed by atoms with Crippen molar-refractivity contribution in [2.75, 3.05) is 10.8 Å². The van der Waals surface area contributed by atoms with Gasteiger partial charge in [-0.1, -0.05) is 106 Å². The number of anilines is 1. The largest absolute Gasteiger partial charge is 0.352 e. The molecule has 0 aromatic heterocycles. The van der Waals surface area contributed by atoms with Crippen molar-refractivity contribution in [3.8, 4) is 0 Å². The molecule has 11 heteroatoms. The zero-order valence-corrected chi connectivity index (χ0v) is 28.1. The van der Waals surface area contributed by atoms with Crippen molar-refractivity contribution in [1.82, 2.24) is 10.2 Å². The minimum atomic E-state index is -4.29. The molecule has 0 saturated heterocycles. The molecular weight excluding hydrogens is 685 g/mol. The average Bonchev–Trinajstić information content (AvgIpc) is 3.00. The van der Waals surface area contributed by atoms with Crippen LogP contribution >= 0.6 is 39.1 Å². The molecule has 0 fully saturated rings. The van der Waals surface area contributed by atoms with Crippen LogP contribution in [0.25, 0.3) is 0 Å². The molecule has 1 N–H and O–H groups in total. The lowest BCUT2D eigenvalue weighted by atomic mass is 10.0. The van der Waals surface area contributed by atoms with E-state index in [9.17, 15) is 18.0 Å². The third-order valence-electron chi connectivity index (χ3n) is 6.78. The van der Waals surface area contributed by atoms with Crippen LogP contribution in [0.4, 0.5) is 5.69 Å². The molecule has 4 rings (SSSR count). The van der Waals surface area contributed by atoms with Crippen LogP contribution in [0.5, 0.6) is 0 Å². The van der Waals surface area contributed by atoms with Crippen molar-refractivity contribution in [1.29, 1.82) is 0 Å². The van der Waals surface area contributed by atoms with Gasteiger partial charge in [-0.25, -0.2) is 8.42 Å². The van der Waals surface area contributed by atoms with Gasteiger partial charge in [0.15, 0.2) is 0 Å². The van der Waals surface area contributed by atoms with Gasteiger partial charge in [-0.3, -0.25) is 13.9 Å². The highest BCUT2D eigenvalue weighted by atomic mass is 79.9. The number of nitrogens with zero attached hydrogens (tertiary/aromatic N) is 2. The number of amides is 2. The number of rotatable bonds is 12. The van der Waals surface area contributed by atoms with Crippen molar-refractivity contribution >= 4 is 66.7 Å². The van der Waals surface area contributed by atoms with E-state index >= 15 is 0 Å². The second-order valence-corrected chi connectivity index (χ2v) is 14.0. The molecule has 4 aromatic rings. The minimum absolute atomic E-state index is 0.0145. The van der Waals surface area contributed by atoms with Crippen LogP contribution in [0.3, 0.4) is 0 Å². The van der Waals surface area contributed by atoms with Gasteiger partial charge in [0.1, 0.15) is 12.6 Å². The Morgan fingerprint density at radius 1 is 0.818 bits per heavy atom. The molecule has 0 aliphatic rings. The Bertz CT molecular complexity index is 1690. The normalized spacial score (nSPS) is 12.0. The molecule has 4 aromatic carbocycles. The SMILES string of the molecule is CC(C)NC(=O)C(Cc1ccccc1)N(Cc1ccc(Br)cc1)C(=O)CN(c1cccc(Cl)c1Cl)S(=O)(=O)c1ccccc1. The Labute approximate surface area is 277 Å². The number of hydrogen-bond acceptors (Lipinski definition) is 4. The molecule has 0 heterocycles. The van der Waals surface area contributed by atoms with Crippen molar-refractivity contribution in [3.05, 3.63) is 129 Å². The summed E-state index contributed by atoms with van der Waals surface area (Å²) in [6.07, 6.45) is 0.213. The zero-order chi connectivity index (χ0) is 31.9. The number of hydrogen-bond donors (Lipinski definition) is 1. The molecule has 0 radical (unpaired) electrons. The summed E-state index contributed by atoms with van der Waals surface area (Å²) in [6.45, 7) is 3.10. The van der Waals surface area contributed by atoms with Gasteiger partial charge in [0.25, 0.3) is 10.0 Å². The first-order chi connectivity index (χ1) is 21.0. The first-order valence-corrected chi connectivity index (χ1v) is 16.9. The molecule has 0 aliphatic heterocycles. The summed E-state index contributed by atoms with van der Waals surface area (Å²) in [7, 11) is -4.29. The first-order valence-electron chi connectivity index (χ1n) is 13.9. The Morgan fingerprint density at radius 3 is 2.05 bits per heavy atom. The van der Waals surface area contributed by atoms with E-state index in [1.165, 1.54) is 29.2 Å². The van der Waals surface area contributed by atoms with Gasteiger partial charge in [-0.05, 0) is 61.4 Å². The third-order valence-corrected chi connectivity index (χ3v) is 9.89. The van der Waals surface area contributed by atoms with Crippen molar-refractivity contribution < 1.29 is 18.0 Å². The molecule has 0 spiro atoms. The molecule has 0 bridgehead atoms. The van der Waals surface area contributed by atoms with Crippen LogP contribution in [-0.2, 0) is 32.6 Å². The first kappa shape index (κ1) is 33.5. The molecule has 1 atom stereocenters. The number of halogens is 3. The number of carbonyl (C=O) groups excluding carboxylic acids is 2. The molecule has 7 nitrogen and oxygen atoms in total. The maximum Gasteiger partial charge on any atom is 0.264 e. The summed E-state index contributed by atoms with van der Waals surface area (Å²) in [5, 5.41) is 3.06. The highest BCUT2D eigenvalue weighted by molar-refractivity contribution is 9.10. The van der Waals surface area contributed by atoms with Crippen molar-refractivity contribution in [2.45, 2.75) is 43.8 Å². The molecule has 2 amide bonds. The monoisotopic (exact) mass is 715 g/mol. The van der Waals surface area contributed by atoms with E-state index in [1.54, 1.807) is 24.3 Å². The Hall–Kier alpha value is -3.37. The predicted molar refractivity (Wildman–Crippen MR) is 179 cm³/mol.